The fourth-order valence-electron chi connectivity index (χ4n) is 2.69. The smallest absolute Gasteiger partial charge is 0.287 e. The second kappa shape index (κ2) is 9.12. The van der Waals surface area contributed by atoms with Crippen molar-refractivity contribution in [3.05, 3.63) is 65.4 Å². The van der Waals surface area contributed by atoms with Gasteiger partial charge in [-0.15, -0.1) is 0 Å². The van der Waals surface area contributed by atoms with Crippen LogP contribution in [0.1, 0.15) is 41.4 Å². The zero-order valence-electron chi connectivity index (χ0n) is 16.4. The van der Waals surface area contributed by atoms with Gasteiger partial charge in [0.15, 0.2) is 5.76 Å². The minimum absolute atomic E-state index is 0.240. The first-order valence-electron chi connectivity index (χ1n) is 9.34. The molecule has 0 spiro atoms. The standard InChI is InChI=1S/C21H25N3O4/c1-4-24-13-16(15(3)23-24)12-22-21(25)20-11-10-19(28-20)14-27-18-8-6-17(7-9-18)26-5-2/h6-11,13H,4-5,12,14H2,1-3H3,(H,22,25). The number of ether oxygens (including phenoxy) is 2. The molecule has 2 heterocycles. The average Bonchev–Trinajstić information content (AvgIpc) is 3.32. The highest BCUT2D eigenvalue weighted by Crippen LogP contribution is 2.19. The molecule has 0 aliphatic rings. The maximum Gasteiger partial charge on any atom is 0.287 e. The normalized spacial score (nSPS) is 10.7. The van der Waals surface area contributed by atoms with Crippen LogP contribution in [0.4, 0.5) is 0 Å². The molecule has 7 heteroatoms. The van der Waals surface area contributed by atoms with E-state index in [0.717, 1.165) is 23.6 Å². The summed E-state index contributed by atoms with van der Waals surface area (Å²) < 4.78 is 18.5. The van der Waals surface area contributed by atoms with Crippen LogP contribution < -0.4 is 14.8 Å². The van der Waals surface area contributed by atoms with Crippen molar-refractivity contribution in [2.45, 2.75) is 40.5 Å². The van der Waals surface area contributed by atoms with Crippen LogP contribution in [0, 0.1) is 6.92 Å². The van der Waals surface area contributed by atoms with E-state index in [1.165, 1.54) is 0 Å². The second-order valence-corrected chi connectivity index (χ2v) is 6.24. The highest BCUT2D eigenvalue weighted by molar-refractivity contribution is 5.91. The summed E-state index contributed by atoms with van der Waals surface area (Å²) >= 11 is 0. The van der Waals surface area contributed by atoms with Crippen molar-refractivity contribution in [1.29, 1.82) is 0 Å². The Balaban J connectivity index is 1.51. The number of nitrogens with one attached hydrogen (secondary N) is 1. The van der Waals surface area contributed by atoms with Gasteiger partial charge in [-0.25, -0.2) is 0 Å². The molecule has 28 heavy (non-hydrogen) atoms. The van der Waals surface area contributed by atoms with Crippen molar-refractivity contribution in [2.24, 2.45) is 0 Å². The maximum atomic E-state index is 12.3. The molecule has 1 N–H and O–H groups in total. The highest BCUT2D eigenvalue weighted by Gasteiger charge is 2.13. The van der Waals surface area contributed by atoms with Crippen LogP contribution in [-0.4, -0.2) is 22.3 Å². The highest BCUT2D eigenvalue weighted by atomic mass is 16.5. The number of nitrogens with zero attached hydrogens (tertiary/aromatic N) is 2. The first-order chi connectivity index (χ1) is 13.6. The van der Waals surface area contributed by atoms with E-state index in [4.69, 9.17) is 13.9 Å². The summed E-state index contributed by atoms with van der Waals surface area (Å²) in [5.41, 5.74) is 1.90. The number of benzene rings is 1. The lowest BCUT2D eigenvalue weighted by molar-refractivity contribution is 0.0919. The predicted molar refractivity (Wildman–Crippen MR) is 104 cm³/mol. The average molecular weight is 383 g/mol. The molecule has 0 aliphatic heterocycles. The third-order valence-corrected chi connectivity index (χ3v) is 4.21. The molecule has 0 bridgehead atoms. The molecule has 0 radical (unpaired) electrons. The van der Waals surface area contributed by atoms with Crippen LogP contribution in [0.3, 0.4) is 0 Å². The van der Waals surface area contributed by atoms with Gasteiger partial charge in [0.25, 0.3) is 5.91 Å². The lowest BCUT2D eigenvalue weighted by Crippen LogP contribution is -2.22. The van der Waals surface area contributed by atoms with Crippen LogP contribution in [0.15, 0.2) is 47.0 Å². The van der Waals surface area contributed by atoms with Gasteiger partial charge in [-0.1, -0.05) is 0 Å². The largest absolute Gasteiger partial charge is 0.494 e. The van der Waals surface area contributed by atoms with E-state index in [-0.39, 0.29) is 18.3 Å². The molecule has 7 nitrogen and oxygen atoms in total. The Hall–Kier alpha value is -3.22. The van der Waals surface area contributed by atoms with E-state index < -0.39 is 0 Å². The molecule has 1 aromatic carbocycles. The molecule has 1 amide bonds. The van der Waals surface area contributed by atoms with Crippen molar-refractivity contribution in [2.75, 3.05) is 6.61 Å². The van der Waals surface area contributed by atoms with Gasteiger partial charge in [-0.2, -0.15) is 5.10 Å². The Bertz CT molecular complexity index is 912. The summed E-state index contributed by atoms with van der Waals surface area (Å²) in [4.78, 5) is 12.3. The van der Waals surface area contributed by atoms with E-state index in [1.54, 1.807) is 12.1 Å². The third kappa shape index (κ3) is 4.94. The molecular weight excluding hydrogens is 358 g/mol. The number of amides is 1. The third-order valence-electron chi connectivity index (χ3n) is 4.21. The van der Waals surface area contributed by atoms with E-state index >= 15 is 0 Å². The minimum atomic E-state index is -0.268. The van der Waals surface area contributed by atoms with Gasteiger partial charge in [-0.05, 0) is 57.2 Å². The van der Waals surface area contributed by atoms with E-state index in [0.29, 0.717) is 24.7 Å². The Labute approximate surface area is 164 Å². The van der Waals surface area contributed by atoms with Crippen molar-refractivity contribution in [3.8, 4) is 11.5 Å². The van der Waals surface area contributed by atoms with Gasteiger partial charge in [0.2, 0.25) is 0 Å². The predicted octanol–water partition coefficient (Wildman–Crippen LogP) is 3.71. The maximum absolute atomic E-state index is 12.3. The zero-order valence-corrected chi connectivity index (χ0v) is 16.4. The zero-order chi connectivity index (χ0) is 19.9. The Morgan fingerprint density at radius 3 is 2.46 bits per heavy atom. The number of aromatic nitrogens is 2. The monoisotopic (exact) mass is 383 g/mol. The van der Waals surface area contributed by atoms with Crippen LogP contribution >= 0.6 is 0 Å². The lowest BCUT2D eigenvalue weighted by Gasteiger charge is -2.06. The quantitative estimate of drug-likeness (QED) is 0.609. The van der Waals surface area contributed by atoms with Gasteiger partial charge in [0.1, 0.15) is 23.9 Å². The minimum Gasteiger partial charge on any atom is -0.494 e. The molecule has 0 aliphatic carbocycles. The fraction of sp³-hybridized carbons (Fsp3) is 0.333. The van der Waals surface area contributed by atoms with Gasteiger partial charge < -0.3 is 19.2 Å². The van der Waals surface area contributed by atoms with Crippen LogP contribution in [-0.2, 0) is 19.7 Å². The second-order valence-electron chi connectivity index (χ2n) is 6.24. The number of carbonyl (C=O) groups is 1. The topological polar surface area (TPSA) is 78.5 Å². The summed E-state index contributed by atoms with van der Waals surface area (Å²) in [6, 6.07) is 10.8. The number of hydrogen-bond donors (Lipinski definition) is 1. The Morgan fingerprint density at radius 1 is 1.11 bits per heavy atom. The van der Waals surface area contributed by atoms with Crippen molar-refractivity contribution in [1.82, 2.24) is 15.1 Å². The Kier molecular flexibility index (Phi) is 6.37. The lowest BCUT2D eigenvalue weighted by atomic mass is 10.2. The molecule has 3 aromatic rings. The SMILES string of the molecule is CCOc1ccc(OCc2ccc(C(=O)NCc3cn(CC)nc3C)o2)cc1. The summed E-state index contributed by atoms with van der Waals surface area (Å²) in [5, 5.41) is 7.23. The number of carbonyl (C=O) groups excluding carboxylic acids is 1. The molecule has 148 valence electrons. The van der Waals surface area contributed by atoms with Gasteiger partial charge >= 0.3 is 0 Å². The van der Waals surface area contributed by atoms with Crippen molar-refractivity contribution >= 4 is 5.91 Å². The van der Waals surface area contributed by atoms with Crippen LogP contribution in [0.25, 0.3) is 0 Å². The van der Waals surface area contributed by atoms with Crippen LogP contribution in [0.2, 0.25) is 0 Å². The van der Waals surface area contributed by atoms with Crippen molar-refractivity contribution < 1.29 is 18.7 Å². The summed E-state index contributed by atoms with van der Waals surface area (Å²) in [5.74, 6) is 2.07. The van der Waals surface area contributed by atoms with Crippen LogP contribution in [0.5, 0.6) is 11.5 Å². The number of hydrogen-bond acceptors (Lipinski definition) is 5. The molecule has 0 unspecified atom stereocenters. The van der Waals surface area contributed by atoms with Crippen molar-refractivity contribution in [3.63, 3.8) is 0 Å². The fourth-order valence-corrected chi connectivity index (χ4v) is 2.69. The molecule has 0 fully saturated rings. The Morgan fingerprint density at radius 2 is 1.82 bits per heavy atom. The molecule has 0 atom stereocenters. The first-order valence-corrected chi connectivity index (χ1v) is 9.34. The molecule has 2 aromatic heterocycles. The number of furan rings is 1. The van der Waals surface area contributed by atoms with Gasteiger partial charge in [-0.3, -0.25) is 9.48 Å². The molecule has 0 saturated carbocycles. The van der Waals surface area contributed by atoms with E-state index in [9.17, 15) is 4.79 Å². The molecule has 0 saturated heterocycles. The first kappa shape index (κ1) is 19.5. The van der Waals surface area contributed by atoms with Gasteiger partial charge in [0.05, 0.1) is 12.3 Å². The van der Waals surface area contributed by atoms with E-state index in [1.807, 2.05) is 55.9 Å². The summed E-state index contributed by atoms with van der Waals surface area (Å²) in [6.45, 7) is 7.95. The number of aryl methyl sites for hydroxylation is 2. The molecule has 3 rings (SSSR count). The summed E-state index contributed by atoms with van der Waals surface area (Å²) in [6.07, 6.45) is 1.94. The number of rotatable bonds is 9. The molecular formula is C21H25N3O4. The van der Waals surface area contributed by atoms with Gasteiger partial charge in [0, 0.05) is 24.8 Å². The van der Waals surface area contributed by atoms with E-state index in [2.05, 4.69) is 10.4 Å². The summed E-state index contributed by atoms with van der Waals surface area (Å²) in [7, 11) is 0.